The molecule has 2 rings (SSSR count). The molecule has 0 radical (unpaired) electrons. The molecule has 102 valence electrons. The highest BCUT2D eigenvalue weighted by Crippen LogP contribution is 2.12. The normalized spacial score (nSPS) is 11.2. The molecule has 0 saturated carbocycles. The number of carbonyl (C=O) groups excluding carboxylic acids is 1. The quantitative estimate of drug-likeness (QED) is 0.669. The van der Waals surface area contributed by atoms with Crippen LogP contribution in [-0.4, -0.2) is 16.7 Å². The Morgan fingerprint density at radius 1 is 1.15 bits per heavy atom. The van der Waals surface area contributed by atoms with Gasteiger partial charge < -0.3 is 5.11 Å². The Balaban J connectivity index is 2.08. The Kier molecular flexibility index (Phi) is 4.53. The zero-order valence-corrected chi connectivity index (χ0v) is 12.4. The summed E-state index contributed by atoms with van der Waals surface area (Å²) in [5, 5.41) is 13.2. The first-order valence-electron chi connectivity index (χ1n) is 5.96. The van der Waals surface area contributed by atoms with Crippen LogP contribution in [0.15, 0.2) is 58.1 Å². The minimum Gasteiger partial charge on any atom is -0.508 e. The number of carbonyl (C=O) groups is 1. The Morgan fingerprint density at radius 3 is 2.50 bits per heavy atom. The van der Waals surface area contributed by atoms with E-state index in [1.54, 1.807) is 0 Å². The van der Waals surface area contributed by atoms with Crippen molar-refractivity contribution in [1.82, 2.24) is 5.43 Å². The van der Waals surface area contributed by atoms with E-state index in [2.05, 4.69) is 26.5 Å². The molecule has 5 heteroatoms. The molecule has 0 bridgehead atoms. The molecule has 0 spiro atoms. The molecule has 0 fully saturated rings. The number of hydrazone groups is 1. The summed E-state index contributed by atoms with van der Waals surface area (Å²) in [6.07, 6.45) is 0. The van der Waals surface area contributed by atoms with Crippen molar-refractivity contribution in [2.45, 2.75) is 6.92 Å². The number of benzene rings is 2. The highest BCUT2D eigenvalue weighted by molar-refractivity contribution is 9.10. The molecule has 0 saturated heterocycles. The van der Waals surface area contributed by atoms with Crippen LogP contribution in [0.1, 0.15) is 22.8 Å². The minimum atomic E-state index is -0.320. The number of aromatic hydroxyl groups is 1. The summed E-state index contributed by atoms with van der Waals surface area (Å²) in [6, 6.07) is 13.6. The van der Waals surface area contributed by atoms with E-state index >= 15 is 0 Å². The summed E-state index contributed by atoms with van der Waals surface area (Å²) in [7, 11) is 0. The molecular weight excluding hydrogens is 320 g/mol. The van der Waals surface area contributed by atoms with Crippen molar-refractivity contribution in [3.05, 3.63) is 64.1 Å². The van der Waals surface area contributed by atoms with Gasteiger partial charge in [-0.2, -0.15) is 5.10 Å². The first kappa shape index (κ1) is 14.3. The number of nitrogens with zero attached hydrogens (tertiary/aromatic N) is 1. The van der Waals surface area contributed by atoms with E-state index in [-0.39, 0.29) is 11.7 Å². The zero-order valence-electron chi connectivity index (χ0n) is 10.8. The van der Waals surface area contributed by atoms with Crippen LogP contribution in [0.2, 0.25) is 0 Å². The molecular formula is C15H13BrN2O2. The number of hydrogen-bond donors (Lipinski definition) is 2. The standard InChI is InChI=1S/C15H13BrN2O2/c1-10(12-3-2-4-13(16)9-12)17-18-15(20)11-5-7-14(19)8-6-11/h2-9,19H,1H3,(H,18,20). The lowest BCUT2D eigenvalue weighted by atomic mass is 10.1. The van der Waals surface area contributed by atoms with Crippen molar-refractivity contribution >= 4 is 27.5 Å². The van der Waals surface area contributed by atoms with Gasteiger partial charge in [0.05, 0.1) is 5.71 Å². The number of halogens is 1. The van der Waals surface area contributed by atoms with Crippen molar-refractivity contribution in [3.8, 4) is 5.75 Å². The number of phenols is 1. The van der Waals surface area contributed by atoms with E-state index in [0.717, 1.165) is 10.0 Å². The second-order valence-corrected chi connectivity index (χ2v) is 5.11. The average molecular weight is 333 g/mol. The van der Waals surface area contributed by atoms with Crippen LogP contribution < -0.4 is 5.43 Å². The number of amides is 1. The van der Waals surface area contributed by atoms with Gasteiger partial charge in [-0.1, -0.05) is 28.1 Å². The Labute approximate surface area is 125 Å². The molecule has 0 aliphatic heterocycles. The van der Waals surface area contributed by atoms with Crippen LogP contribution in [0.4, 0.5) is 0 Å². The average Bonchev–Trinajstić information content (AvgIpc) is 2.45. The van der Waals surface area contributed by atoms with E-state index in [0.29, 0.717) is 11.3 Å². The first-order chi connectivity index (χ1) is 9.56. The van der Waals surface area contributed by atoms with E-state index < -0.39 is 0 Å². The van der Waals surface area contributed by atoms with Gasteiger partial charge >= 0.3 is 0 Å². The largest absolute Gasteiger partial charge is 0.508 e. The first-order valence-corrected chi connectivity index (χ1v) is 6.75. The van der Waals surface area contributed by atoms with Gasteiger partial charge in [0.2, 0.25) is 0 Å². The van der Waals surface area contributed by atoms with Gasteiger partial charge in [0, 0.05) is 10.0 Å². The maximum atomic E-state index is 11.8. The summed E-state index contributed by atoms with van der Waals surface area (Å²) in [4.78, 5) is 11.8. The molecule has 2 aromatic rings. The molecule has 1 amide bonds. The molecule has 0 heterocycles. The van der Waals surface area contributed by atoms with Crippen LogP contribution >= 0.6 is 15.9 Å². The van der Waals surface area contributed by atoms with Gasteiger partial charge in [0.1, 0.15) is 5.75 Å². The predicted molar refractivity (Wildman–Crippen MR) is 81.9 cm³/mol. The number of phenolic OH excluding ortho intramolecular Hbond substituents is 1. The highest BCUT2D eigenvalue weighted by atomic mass is 79.9. The molecule has 0 aliphatic carbocycles. The van der Waals surface area contributed by atoms with Crippen LogP contribution in [0.5, 0.6) is 5.75 Å². The van der Waals surface area contributed by atoms with Crippen molar-refractivity contribution in [3.63, 3.8) is 0 Å². The van der Waals surface area contributed by atoms with E-state index in [4.69, 9.17) is 5.11 Å². The topological polar surface area (TPSA) is 61.7 Å². The van der Waals surface area contributed by atoms with Crippen LogP contribution in [-0.2, 0) is 0 Å². The van der Waals surface area contributed by atoms with E-state index in [1.807, 2.05) is 31.2 Å². The van der Waals surface area contributed by atoms with Crippen LogP contribution in [0.3, 0.4) is 0 Å². The summed E-state index contributed by atoms with van der Waals surface area (Å²) in [5.74, 6) is -0.199. The van der Waals surface area contributed by atoms with Gasteiger partial charge in [-0.25, -0.2) is 5.43 Å². The highest BCUT2D eigenvalue weighted by Gasteiger charge is 2.05. The molecule has 2 N–H and O–H groups in total. The second kappa shape index (κ2) is 6.34. The number of nitrogens with one attached hydrogen (secondary N) is 1. The fourth-order valence-electron chi connectivity index (χ4n) is 1.59. The summed E-state index contributed by atoms with van der Waals surface area (Å²) < 4.78 is 0.953. The second-order valence-electron chi connectivity index (χ2n) is 4.20. The van der Waals surface area contributed by atoms with Crippen molar-refractivity contribution in [1.29, 1.82) is 0 Å². The summed E-state index contributed by atoms with van der Waals surface area (Å²) in [5.41, 5.74) is 4.56. The lowest BCUT2D eigenvalue weighted by Gasteiger charge is -2.03. The molecule has 2 aromatic carbocycles. The van der Waals surface area contributed by atoms with Gasteiger partial charge in [-0.3, -0.25) is 4.79 Å². The third kappa shape index (κ3) is 3.68. The van der Waals surface area contributed by atoms with E-state index in [1.165, 1.54) is 24.3 Å². The molecule has 4 nitrogen and oxygen atoms in total. The van der Waals surface area contributed by atoms with Crippen LogP contribution in [0, 0.1) is 0 Å². The van der Waals surface area contributed by atoms with Gasteiger partial charge in [0.25, 0.3) is 5.91 Å². The Bertz CT molecular complexity index is 651. The Hall–Kier alpha value is -2.14. The maximum absolute atomic E-state index is 11.8. The van der Waals surface area contributed by atoms with Crippen molar-refractivity contribution in [2.24, 2.45) is 5.10 Å². The fourth-order valence-corrected chi connectivity index (χ4v) is 1.99. The Morgan fingerprint density at radius 2 is 1.85 bits per heavy atom. The monoisotopic (exact) mass is 332 g/mol. The van der Waals surface area contributed by atoms with Crippen molar-refractivity contribution in [2.75, 3.05) is 0 Å². The summed E-state index contributed by atoms with van der Waals surface area (Å²) in [6.45, 7) is 1.82. The minimum absolute atomic E-state index is 0.121. The maximum Gasteiger partial charge on any atom is 0.271 e. The molecule has 0 unspecified atom stereocenters. The third-order valence-corrected chi connectivity index (χ3v) is 3.19. The molecule has 0 aliphatic rings. The number of hydrogen-bond acceptors (Lipinski definition) is 3. The lowest BCUT2D eigenvalue weighted by molar-refractivity contribution is 0.0955. The van der Waals surface area contributed by atoms with Gasteiger partial charge in [-0.05, 0) is 48.9 Å². The molecule has 0 atom stereocenters. The third-order valence-electron chi connectivity index (χ3n) is 2.70. The lowest BCUT2D eigenvalue weighted by Crippen LogP contribution is -2.19. The van der Waals surface area contributed by atoms with Gasteiger partial charge in [-0.15, -0.1) is 0 Å². The molecule has 0 aromatic heterocycles. The fraction of sp³-hybridized carbons (Fsp3) is 0.0667. The zero-order chi connectivity index (χ0) is 14.5. The van der Waals surface area contributed by atoms with Gasteiger partial charge in [0.15, 0.2) is 0 Å². The smallest absolute Gasteiger partial charge is 0.271 e. The number of rotatable bonds is 3. The summed E-state index contributed by atoms with van der Waals surface area (Å²) >= 11 is 3.39. The SMILES string of the molecule is CC(=NNC(=O)c1ccc(O)cc1)c1cccc(Br)c1. The van der Waals surface area contributed by atoms with E-state index in [9.17, 15) is 4.79 Å². The molecule has 20 heavy (non-hydrogen) atoms. The van der Waals surface area contributed by atoms with Crippen LogP contribution in [0.25, 0.3) is 0 Å². The predicted octanol–water partition coefficient (Wildman–Crippen LogP) is 3.31. The van der Waals surface area contributed by atoms with Crippen molar-refractivity contribution < 1.29 is 9.90 Å².